The molecular formula is C20H23NO4. The van der Waals surface area contributed by atoms with Crippen molar-refractivity contribution in [3.63, 3.8) is 0 Å². The first-order valence-corrected chi connectivity index (χ1v) is 8.45. The summed E-state index contributed by atoms with van der Waals surface area (Å²) in [6, 6.07) is 11.7. The fourth-order valence-electron chi connectivity index (χ4n) is 3.18. The summed E-state index contributed by atoms with van der Waals surface area (Å²) in [6.07, 6.45) is 1.30. The number of rotatable bonds is 6. The Kier molecular flexibility index (Phi) is 5.12. The van der Waals surface area contributed by atoms with Gasteiger partial charge >= 0.3 is 0 Å². The Morgan fingerprint density at radius 1 is 1.04 bits per heavy atom. The van der Waals surface area contributed by atoms with Gasteiger partial charge in [-0.2, -0.15) is 0 Å². The first-order chi connectivity index (χ1) is 12.2. The maximum Gasteiger partial charge on any atom is 0.225 e. The molecule has 1 amide bonds. The van der Waals surface area contributed by atoms with Crippen molar-refractivity contribution in [1.82, 2.24) is 0 Å². The lowest BCUT2D eigenvalue weighted by molar-refractivity contribution is -0.116. The van der Waals surface area contributed by atoms with E-state index in [-0.39, 0.29) is 11.8 Å². The molecule has 0 aliphatic carbocycles. The number of ether oxygens (including phenoxy) is 3. The van der Waals surface area contributed by atoms with E-state index in [9.17, 15) is 4.79 Å². The normalized spacial score (nSPS) is 16.0. The molecule has 1 unspecified atom stereocenters. The fraction of sp³-hybridized carbons (Fsp3) is 0.350. The predicted octanol–water partition coefficient (Wildman–Crippen LogP) is 3.97. The molecule has 1 aliphatic heterocycles. The van der Waals surface area contributed by atoms with Gasteiger partial charge in [0.25, 0.3) is 0 Å². The first kappa shape index (κ1) is 17.1. The van der Waals surface area contributed by atoms with Crippen LogP contribution in [0.3, 0.4) is 0 Å². The van der Waals surface area contributed by atoms with Gasteiger partial charge in [0.1, 0.15) is 5.75 Å². The highest BCUT2D eigenvalue weighted by molar-refractivity contribution is 5.96. The van der Waals surface area contributed by atoms with E-state index in [0.717, 1.165) is 29.0 Å². The Balaban J connectivity index is 2.09. The molecule has 0 saturated carbocycles. The van der Waals surface area contributed by atoms with Crippen LogP contribution >= 0.6 is 0 Å². The third kappa shape index (κ3) is 3.40. The minimum Gasteiger partial charge on any atom is -0.493 e. The number of nitrogens with one attached hydrogen (secondary N) is 1. The molecule has 1 atom stereocenters. The van der Waals surface area contributed by atoms with E-state index >= 15 is 0 Å². The zero-order chi connectivity index (χ0) is 17.8. The minimum atomic E-state index is -0.0865. The number of hydrogen-bond acceptors (Lipinski definition) is 4. The van der Waals surface area contributed by atoms with Crippen LogP contribution < -0.4 is 19.5 Å². The number of anilines is 1. The standard InChI is InChI=1S/C20H23NO4/c1-4-9-25-17-8-6-5-7-13(17)14-11-20(22)21-16-12-19(24-3)18(23-2)10-15(14)16/h5-8,10,12,14H,4,9,11H2,1-3H3,(H,21,22). The van der Waals surface area contributed by atoms with Crippen molar-refractivity contribution in [3.05, 3.63) is 47.5 Å². The van der Waals surface area contributed by atoms with Crippen molar-refractivity contribution in [3.8, 4) is 17.2 Å². The van der Waals surface area contributed by atoms with Crippen molar-refractivity contribution in [1.29, 1.82) is 0 Å². The van der Waals surface area contributed by atoms with Crippen molar-refractivity contribution >= 4 is 11.6 Å². The van der Waals surface area contributed by atoms with E-state index in [1.54, 1.807) is 14.2 Å². The van der Waals surface area contributed by atoms with E-state index in [0.29, 0.717) is 24.5 Å². The van der Waals surface area contributed by atoms with Crippen LogP contribution in [0.15, 0.2) is 36.4 Å². The third-order valence-electron chi connectivity index (χ3n) is 4.35. The lowest BCUT2D eigenvalue weighted by atomic mass is 9.84. The number of para-hydroxylation sites is 1. The molecule has 5 heteroatoms. The summed E-state index contributed by atoms with van der Waals surface area (Å²) in [7, 11) is 3.19. The summed E-state index contributed by atoms with van der Waals surface area (Å²) in [5.74, 6) is 1.96. The Hall–Kier alpha value is -2.69. The molecule has 1 heterocycles. The lowest BCUT2D eigenvalue weighted by Crippen LogP contribution is -2.24. The fourth-order valence-corrected chi connectivity index (χ4v) is 3.18. The van der Waals surface area contributed by atoms with E-state index < -0.39 is 0 Å². The summed E-state index contributed by atoms with van der Waals surface area (Å²) in [6.45, 7) is 2.72. The van der Waals surface area contributed by atoms with Gasteiger partial charge in [0, 0.05) is 29.7 Å². The van der Waals surface area contributed by atoms with Gasteiger partial charge in [-0.25, -0.2) is 0 Å². The van der Waals surface area contributed by atoms with Crippen LogP contribution in [0.5, 0.6) is 17.2 Å². The van der Waals surface area contributed by atoms with Gasteiger partial charge in [0.15, 0.2) is 11.5 Å². The molecule has 0 fully saturated rings. The van der Waals surface area contributed by atoms with E-state index in [1.165, 1.54) is 0 Å². The van der Waals surface area contributed by atoms with Crippen LogP contribution in [0.2, 0.25) is 0 Å². The molecule has 0 radical (unpaired) electrons. The van der Waals surface area contributed by atoms with Gasteiger partial charge in [-0.05, 0) is 24.1 Å². The van der Waals surface area contributed by atoms with Gasteiger partial charge < -0.3 is 19.5 Å². The van der Waals surface area contributed by atoms with E-state index in [4.69, 9.17) is 14.2 Å². The molecule has 0 bridgehead atoms. The molecule has 2 aromatic rings. The van der Waals surface area contributed by atoms with Gasteiger partial charge in [-0.3, -0.25) is 4.79 Å². The van der Waals surface area contributed by atoms with Crippen LogP contribution in [0.4, 0.5) is 5.69 Å². The second-order valence-corrected chi connectivity index (χ2v) is 5.99. The van der Waals surface area contributed by atoms with E-state index in [2.05, 4.69) is 12.2 Å². The van der Waals surface area contributed by atoms with Crippen LogP contribution in [0.1, 0.15) is 36.8 Å². The SMILES string of the molecule is CCCOc1ccccc1C1CC(=O)Nc2cc(OC)c(OC)cc21. The van der Waals surface area contributed by atoms with Crippen LogP contribution in [0.25, 0.3) is 0 Å². The quantitative estimate of drug-likeness (QED) is 0.864. The number of hydrogen-bond donors (Lipinski definition) is 1. The monoisotopic (exact) mass is 341 g/mol. The summed E-state index contributed by atoms with van der Waals surface area (Å²) in [5.41, 5.74) is 2.77. The average Bonchev–Trinajstić information content (AvgIpc) is 2.64. The van der Waals surface area contributed by atoms with Gasteiger partial charge in [-0.15, -0.1) is 0 Å². The Morgan fingerprint density at radius 3 is 2.48 bits per heavy atom. The first-order valence-electron chi connectivity index (χ1n) is 8.45. The number of methoxy groups -OCH3 is 2. The predicted molar refractivity (Wildman–Crippen MR) is 96.9 cm³/mol. The molecule has 2 aromatic carbocycles. The number of benzene rings is 2. The summed E-state index contributed by atoms with van der Waals surface area (Å²) >= 11 is 0. The molecule has 1 N–H and O–H groups in total. The molecule has 0 saturated heterocycles. The largest absolute Gasteiger partial charge is 0.493 e. The third-order valence-corrected chi connectivity index (χ3v) is 4.35. The highest BCUT2D eigenvalue weighted by atomic mass is 16.5. The molecular weight excluding hydrogens is 318 g/mol. The molecule has 0 spiro atoms. The highest BCUT2D eigenvalue weighted by Crippen LogP contribution is 2.45. The number of fused-ring (bicyclic) bond motifs is 1. The highest BCUT2D eigenvalue weighted by Gasteiger charge is 2.30. The second kappa shape index (κ2) is 7.47. The molecule has 25 heavy (non-hydrogen) atoms. The molecule has 5 nitrogen and oxygen atoms in total. The Bertz CT molecular complexity index is 772. The maximum atomic E-state index is 12.3. The molecule has 0 aromatic heterocycles. The minimum absolute atomic E-state index is 0.0185. The summed E-state index contributed by atoms with van der Waals surface area (Å²) < 4.78 is 16.7. The number of carbonyl (C=O) groups excluding carboxylic acids is 1. The topological polar surface area (TPSA) is 56.8 Å². The molecule has 132 valence electrons. The van der Waals surface area contributed by atoms with Gasteiger partial charge in [0.05, 0.1) is 20.8 Å². The van der Waals surface area contributed by atoms with Crippen LogP contribution in [-0.4, -0.2) is 26.7 Å². The smallest absolute Gasteiger partial charge is 0.225 e. The van der Waals surface area contributed by atoms with Crippen molar-refractivity contribution in [2.24, 2.45) is 0 Å². The second-order valence-electron chi connectivity index (χ2n) is 5.99. The van der Waals surface area contributed by atoms with Crippen LogP contribution in [-0.2, 0) is 4.79 Å². The molecule has 1 aliphatic rings. The number of carbonyl (C=O) groups is 1. The molecule has 3 rings (SSSR count). The zero-order valence-electron chi connectivity index (χ0n) is 14.8. The number of amides is 1. The van der Waals surface area contributed by atoms with Crippen molar-refractivity contribution in [2.45, 2.75) is 25.7 Å². The van der Waals surface area contributed by atoms with Crippen molar-refractivity contribution in [2.75, 3.05) is 26.1 Å². The maximum absolute atomic E-state index is 12.3. The zero-order valence-corrected chi connectivity index (χ0v) is 14.8. The van der Waals surface area contributed by atoms with E-state index in [1.807, 2.05) is 36.4 Å². The Labute approximate surface area is 147 Å². The average molecular weight is 341 g/mol. The van der Waals surface area contributed by atoms with Gasteiger partial charge in [0.2, 0.25) is 5.91 Å². The summed E-state index contributed by atoms with van der Waals surface area (Å²) in [5, 5.41) is 2.93. The van der Waals surface area contributed by atoms with Gasteiger partial charge in [-0.1, -0.05) is 25.1 Å². The Morgan fingerprint density at radius 2 is 1.76 bits per heavy atom. The van der Waals surface area contributed by atoms with Crippen LogP contribution in [0, 0.1) is 0 Å². The summed E-state index contributed by atoms with van der Waals surface area (Å²) in [4.78, 5) is 12.3. The lowest BCUT2D eigenvalue weighted by Gasteiger charge is -2.28. The van der Waals surface area contributed by atoms with Crippen molar-refractivity contribution < 1.29 is 19.0 Å².